The van der Waals surface area contributed by atoms with Gasteiger partial charge in [0.05, 0.1) is 11.1 Å². The average Bonchev–Trinajstić information content (AvgIpc) is 3.17. The van der Waals surface area contributed by atoms with Crippen LogP contribution in [0.15, 0.2) is 30.6 Å². The highest BCUT2D eigenvalue weighted by Gasteiger charge is 2.33. The van der Waals surface area contributed by atoms with Crippen molar-refractivity contribution in [1.82, 2.24) is 24.8 Å². The normalized spacial score (nSPS) is 14.7. The molecule has 0 atom stereocenters. The molecule has 198 valence electrons. The average molecular weight is 520 g/mol. The smallest absolute Gasteiger partial charge is 0.422 e. The van der Waals surface area contributed by atoms with Crippen LogP contribution < -0.4 is 10.1 Å². The molecular weight excluding hydrogens is 491 g/mol. The summed E-state index contributed by atoms with van der Waals surface area (Å²) in [5.74, 6) is -1.16. The van der Waals surface area contributed by atoms with E-state index in [0.717, 1.165) is 11.3 Å². The van der Waals surface area contributed by atoms with Crippen LogP contribution in [0, 0.1) is 0 Å². The van der Waals surface area contributed by atoms with Gasteiger partial charge in [-0.1, -0.05) is 6.92 Å². The molecule has 4 rings (SSSR count). The predicted octanol–water partition coefficient (Wildman–Crippen LogP) is 2.85. The number of ether oxygens (including phenoxy) is 1. The van der Waals surface area contributed by atoms with Crippen molar-refractivity contribution in [2.45, 2.75) is 38.4 Å². The van der Waals surface area contributed by atoms with Gasteiger partial charge < -0.3 is 24.6 Å². The van der Waals surface area contributed by atoms with E-state index in [2.05, 4.69) is 10.3 Å². The second-order valence-corrected chi connectivity index (χ2v) is 8.87. The fraction of sp³-hybridized carbons (Fsp3) is 0.440. The summed E-state index contributed by atoms with van der Waals surface area (Å²) in [6.07, 6.45) is 0.0821. The van der Waals surface area contributed by atoms with Gasteiger partial charge in [0.15, 0.2) is 18.1 Å². The van der Waals surface area contributed by atoms with Gasteiger partial charge in [-0.2, -0.15) is 13.2 Å². The third-order valence-corrected chi connectivity index (χ3v) is 6.43. The molecule has 1 saturated heterocycles. The van der Waals surface area contributed by atoms with Crippen molar-refractivity contribution in [1.29, 1.82) is 0 Å². The molecule has 0 aliphatic carbocycles. The third kappa shape index (κ3) is 5.68. The van der Waals surface area contributed by atoms with Crippen LogP contribution >= 0.6 is 0 Å². The van der Waals surface area contributed by atoms with E-state index >= 15 is 0 Å². The number of alkyl halides is 3. The number of amides is 2. The molecule has 0 unspecified atom stereocenters. The van der Waals surface area contributed by atoms with E-state index in [9.17, 15) is 22.8 Å². The highest BCUT2D eigenvalue weighted by atomic mass is 19.4. The Labute approximate surface area is 211 Å². The summed E-state index contributed by atoms with van der Waals surface area (Å²) in [4.78, 5) is 35.3. The molecule has 0 saturated carbocycles. The lowest BCUT2D eigenvalue weighted by Gasteiger charge is -2.32. The summed E-state index contributed by atoms with van der Waals surface area (Å²) in [6.45, 7) is 0.487. The molecule has 3 aromatic rings. The molecular formula is C25H28F3N5O4. The Bertz CT molecular complexity index is 1290. The maximum absolute atomic E-state index is 13.4. The number of likely N-dealkylation sites (tertiary alicyclic amines) is 1. The van der Waals surface area contributed by atoms with Crippen LogP contribution in [-0.2, 0) is 18.3 Å². The summed E-state index contributed by atoms with van der Waals surface area (Å²) >= 11 is 0. The molecule has 0 aromatic carbocycles. The number of pyridine rings is 2. The standard InChI is InChI=1S/C25H28F3N5O4/c1-3-19-17(15-4-8-29-9-5-15)12-18-22(37-14-25(26,27)28)21(32(2)23(18)31-19)24(36)30-16-6-10-33(11-7-16)20(35)13-34/h4-5,8-9,12,16,34H,3,6-7,10-11,13-14H2,1-2H3,(H,30,36). The van der Waals surface area contributed by atoms with Gasteiger partial charge in [0, 0.05) is 44.1 Å². The first-order valence-corrected chi connectivity index (χ1v) is 11.9. The van der Waals surface area contributed by atoms with Crippen LogP contribution in [0.1, 0.15) is 35.9 Å². The molecule has 0 spiro atoms. The molecule has 4 heterocycles. The van der Waals surface area contributed by atoms with Crippen LogP contribution in [0.3, 0.4) is 0 Å². The zero-order chi connectivity index (χ0) is 26.7. The first-order valence-electron chi connectivity index (χ1n) is 11.9. The van der Waals surface area contributed by atoms with Crippen molar-refractivity contribution < 1.29 is 32.6 Å². The van der Waals surface area contributed by atoms with Gasteiger partial charge in [-0.15, -0.1) is 0 Å². The highest BCUT2D eigenvalue weighted by molar-refractivity contribution is 6.04. The highest BCUT2D eigenvalue weighted by Crippen LogP contribution is 2.37. The van der Waals surface area contributed by atoms with Gasteiger partial charge in [0.1, 0.15) is 12.3 Å². The van der Waals surface area contributed by atoms with E-state index in [1.165, 1.54) is 9.47 Å². The molecule has 9 nitrogen and oxygen atoms in total. The van der Waals surface area contributed by atoms with Crippen LogP contribution in [0.4, 0.5) is 13.2 Å². The number of hydrogen-bond donors (Lipinski definition) is 2. The first kappa shape index (κ1) is 26.4. The minimum absolute atomic E-state index is 0.0606. The molecule has 12 heteroatoms. The predicted molar refractivity (Wildman–Crippen MR) is 129 cm³/mol. The number of aliphatic hydroxyl groups excluding tert-OH is 1. The number of piperidine rings is 1. The summed E-state index contributed by atoms with van der Waals surface area (Å²) in [5, 5.41) is 12.2. The summed E-state index contributed by atoms with van der Waals surface area (Å²) < 4.78 is 46.1. The third-order valence-electron chi connectivity index (χ3n) is 6.43. The van der Waals surface area contributed by atoms with Crippen LogP contribution in [0.2, 0.25) is 0 Å². The lowest BCUT2D eigenvalue weighted by atomic mass is 10.0. The Morgan fingerprint density at radius 2 is 1.89 bits per heavy atom. The molecule has 2 N–H and O–H groups in total. The Hall–Kier alpha value is -3.67. The van der Waals surface area contributed by atoms with Gasteiger partial charge in [-0.05, 0) is 43.0 Å². The number of fused-ring (bicyclic) bond motifs is 1. The maximum atomic E-state index is 13.4. The van der Waals surface area contributed by atoms with E-state index in [1.54, 1.807) is 37.6 Å². The zero-order valence-electron chi connectivity index (χ0n) is 20.5. The molecule has 37 heavy (non-hydrogen) atoms. The molecule has 1 aliphatic rings. The van der Waals surface area contributed by atoms with Crippen molar-refractivity contribution in [2.24, 2.45) is 7.05 Å². The van der Waals surface area contributed by atoms with Gasteiger partial charge in [0.2, 0.25) is 5.91 Å². The Morgan fingerprint density at radius 1 is 1.22 bits per heavy atom. The van der Waals surface area contributed by atoms with Crippen molar-refractivity contribution in [3.63, 3.8) is 0 Å². The summed E-state index contributed by atoms with van der Waals surface area (Å²) in [5.41, 5.74) is 2.50. The Kier molecular flexibility index (Phi) is 7.67. The second-order valence-electron chi connectivity index (χ2n) is 8.87. The van der Waals surface area contributed by atoms with E-state index in [0.29, 0.717) is 48.9 Å². The van der Waals surface area contributed by atoms with E-state index in [4.69, 9.17) is 14.8 Å². The molecule has 1 fully saturated rings. The largest absolute Gasteiger partial charge is 0.481 e. The van der Waals surface area contributed by atoms with Crippen molar-refractivity contribution in [3.05, 3.63) is 42.0 Å². The number of carbonyl (C=O) groups is 2. The fourth-order valence-electron chi connectivity index (χ4n) is 4.58. The van der Waals surface area contributed by atoms with Crippen LogP contribution in [0.25, 0.3) is 22.2 Å². The van der Waals surface area contributed by atoms with Crippen molar-refractivity contribution >= 4 is 22.8 Å². The molecule has 0 radical (unpaired) electrons. The molecule has 2 amide bonds. The van der Waals surface area contributed by atoms with Gasteiger partial charge in [0.25, 0.3) is 5.91 Å². The number of nitrogens with zero attached hydrogens (tertiary/aromatic N) is 4. The lowest BCUT2D eigenvalue weighted by molar-refractivity contribution is -0.153. The molecule has 3 aromatic heterocycles. The minimum atomic E-state index is -4.60. The molecule has 0 bridgehead atoms. The number of nitrogens with one attached hydrogen (secondary N) is 1. The van der Waals surface area contributed by atoms with Crippen molar-refractivity contribution in [2.75, 3.05) is 26.3 Å². The number of aromatic nitrogens is 3. The Morgan fingerprint density at radius 3 is 2.49 bits per heavy atom. The molecule has 1 aliphatic heterocycles. The fourth-order valence-corrected chi connectivity index (χ4v) is 4.58. The maximum Gasteiger partial charge on any atom is 0.422 e. The quantitative estimate of drug-likeness (QED) is 0.497. The number of aryl methyl sites for hydroxylation is 2. The van der Waals surface area contributed by atoms with Gasteiger partial charge >= 0.3 is 6.18 Å². The first-order chi connectivity index (χ1) is 17.6. The lowest BCUT2D eigenvalue weighted by Crippen LogP contribution is -2.47. The Balaban J connectivity index is 1.72. The monoisotopic (exact) mass is 519 g/mol. The van der Waals surface area contributed by atoms with E-state index < -0.39 is 25.3 Å². The summed E-state index contributed by atoms with van der Waals surface area (Å²) in [6, 6.07) is 4.97. The van der Waals surface area contributed by atoms with Crippen LogP contribution in [-0.4, -0.2) is 74.9 Å². The topological polar surface area (TPSA) is 110 Å². The van der Waals surface area contributed by atoms with Crippen LogP contribution in [0.5, 0.6) is 5.75 Å². The number of hydrogen-bond acceptors (Lipinski definition) is 6. The zero-order valence-corrected chi connectivity index (χ0v) is 20.5. The minimum Gasteiger partial charge on any atom is -0.481 e. The second kappa shape index (κ2) is 10.8. The van der Waals surface area contributed by atoms with E-state index in [-0.39, 0.29) is 23.4 Å². The van der Waals surface area contributed by atoms with E-state index in [1.807, 2.05) is 6.92 Å². The van der Waals surface area contributed by atoms with Gasteiger partial charge in [-0.3, -0.25) is 14.6 Å². The SMILES string of the molecule is CCc1nc2c(cc1-c1ccncc1)c(OCC(F)(F)F)c(C(=O)NC1CCN(C(=O)CO)CC1)n2C. The number of carbonyl (C=O) groups excluding carboxylic acids is 2. The summed E-state index contributed by atoms with van der Waals surface area (Å²) in [7, 11) is 1.57. The number of rotatable bonds is 7. The number of halogens is 3. The van der Waals surface area contributed by atoms with Gasteiger partial charge in [-0.25, -0.2) is 4.98 Å². The number of aliphatic hydroxyl groups is 1. The van der Waals surface area contributed by atoms with Crippen molar-refractivity contribution in [3.8, 4) is 16.9 Å².